The van der Waals surface area contributed by atoms with Crippen molar-refractivity contribution < 1.29 is 9.53 Å². The molecule has 2 aromatic carbocycles. The Labute approximate surface area is 176 Å². The van der Waals surface area contributed by atoms with Gasteiger partial charge < -0.3 is 4.74 Å². The number of unbranched alkanes of at least 4 members (excludes halogenated alkanes) is 1. The Hall–Kier alpha value is -2.60. The molecule has 0 spiro atoms. The average Bonchev–Trinajstić information content (AvgIpc) is 3.03. The zero-order chi connectivity index (χ0) is 20.6. The van der Waals surface area contributed by atoms with Crippen LogP contribution in [0, 0.1) is 6.92 Å². The van der Waals surface area contributed by atoms with Gasteiger partial charge in [0, 0.05) is 0 Å². The van der Waals surface area contributed by atoms with E-state index in [1.54, 1.807) is 18.2 Å². The van der Waals surface area contributed by atoms with E-state index in [9.17, 15) is 4.79 Å². The largest absolute Gasteiger partial charge is 0.497 e. The number of hydrogen-bond acceptors (Lipinski definition) is 5. The second kappa shape index (κ2) is 10.3. The SMILES string of the molecule is CCCC[C@@H]1S/C(=N/N=C\c2ccc(C)cc2)N(Cc2ccc(OC)cc2)C1=O. The lowest BCUT2D eigenvalue weighted by Gasteiger charge is -2.16. The van der Waals surface area contributed by atoms with E-state index in [2.05, 4.69) is 24.1 Å². The fourth-order valence-electron chi connectivity index (χ4n) is 3.02. The highest BCUT2D eigenvalue weighted by atomic mass is 32.2. The normalized spacial score (nSPS) is 18.2. The number of ether oxygens (including phenoxy) is 1. The van der Waals surface area contributed by atoms with Crippen molar-refractivity contribution in [3.05, 3.63) is 65.2 Å². The first-order valence-electron chi connectivity index (χ1n) is 9.89. The summed E-state index contributed by atoms with van der Waals surface area (Å²) in [6.45, 7) is 4.67. The van der Waals surface area contributed by atoms with Gasteiger partial charge in [0.1, 0.15) is 5.75 Å². The lowest BCUT2D eigenvalue weighted by molar-refractivity contribution is -0.126. The molecule has 0 saturated carbocycles. The second-order valence-electron chi connectivity index (χ2n) is 7.06. The molecule has 1 saturated heterocycles. The molecule has 152 valence electrons. The van der Waals surface area contributed by atoms with Gasteiger partial charge in [-0.1, -0.05) is 73.5 Å². The van der Waals surface area contributed by atoms with Gasteiger partial charge in [-0.25, -0.2) is 0 Å². The lowest BCUT2D eigenvalue weighted by atomic mass is 10.1. The van der Waals surface area contributed by atoms with Gasteiger partial charge in [0.15, 0.2) is 5.17 Å². The van der Waals surface area contributed by atoms with Gasteiger partial charge in [-0.3, -0.25) is 9.69 Å². The molecule has 0 aliphatic carbocycles. The number of hydrogen-bond donors (Lipinski definition) is 0. The predicted molar refractivity (Wildman–Crippen MR) is 121 cm³/mol. The Morgan fingerprint density at radius 2 is 1.86 bits per heavy atom. The van der Waals surface area contributed by atoms with Gasteiger partial charge in [0.05, 0.1) is 25.1 Å². The molecule has 0 aromatic heterocycles. The third kappa shape index (κ3) is 5.70. The molecular weight excluding hydrogens is 382 g/mol. The Morgan fingerprint density at radius 3 is 2.52 bits per heavy atom. The van der Waals surface area contributed by atoms with Crippen LogP contribution in [-0.4, -0.2) is 34.5 Å². The average molecular weight is 410 g/mol. The van der Waals surface area contributed by atoms with Crippen LogP contribution in [0.15, 0.2) is 58.7 Å². The van der Waals surface area contributed by atoms with E-state index in [0.29, 0.717) is 11.7 Å². The molecule has 2 aromatic rings. The van der Waals surface area contributed by atoms with Crippen molar-refractivity contribution >= 4 is 29.1 Å². The van der Waals surface area contributed by atoms with Crippen molar-refractivity contribution in [3.8, 4) is 5.75 Å². The highest BCUT2D eigenvalue weighted by Gasteiger charge is 2.37. The number of nitrogens with zero attached hydrogens (tertiary/aromatic N) is 3. The molecule has 6 heteroatoms. The molecular formula is C23H27N3O2S. The van der Waals surface area contributed by atoms with E-state index in [-0.39, 0.29) is 11.2 Å². The molecule has 29 heavy (non-hydrogen) atoms. The van der Waals surface area contributed by atoms with Gasteiger partial charge in [0.2, 0.25) is 5.91 Å². The smallest absolute Gasteiger partial charge is 0.242 e. The maximum absolute atomic E-state index is 13.0. The Bertz CT molecular complexity index is 876. The fraction of sp³-hybridized carbons (Fsp3) is 0.348. The van der Waals surface area contributed by atoms with Gasteiger partial charge in [0.25, 0.3) is 0 Å². The number of thioether (sulfide) groups is 1. The van der Waals surface area contributed by atoms with Gasteiger partial charge >= 0.3 is 0 Å². The number of carbonyl (C=O) groups is 1. The van der Waals surface area contributed by atoms with Crippen molar-refractivity contribution in [1.29, 1.82) is 0 Å². The van der Waals surface area contributed by atoms with Crippen LogP contribution in [0.3, 0.4) is 0 Å². The Balaban J connectivity index is 1.78. The molecule has 1 aliphatic rings. The number of methoxy groups -OCH3 is 1. The van der Waals surface area contributed by atoms with Crippen molar-refractivity contribution in [3.63, 3.8) is 0 Å². The summed E-state index contributed by atoms with van der Waals surface area (Å²) in [6.07, 6.45) is 4.68. The minimum absolute atomic E-state index is 0.0819. The van der Waals surface area contributed by atoms with Crippen molar-refractivity contribution in [2.45, 2.75) is 44.9 Å². The van der Waals surface area contributed by atoms with Crippen molar-refractivity contribution in [2.75, 3.05) is 7.11 Å². The molecule has 0 N–H and O–H groups in total. The third-order valence-electron chi connectivity index (χ3n) is 4.77. The molecule has 3 rings (SSSR count). The summed E-state index contributed by atoms with van der Waals surface area (Å²) >= 11 is 1.52. The number of amidine groups is 1. The van der Waals surface area contributed by atoms with Crippen LogP contribution in [0.5, 0.6) is 5.75 Å². The van der Waals surface area contributed by atoms with Crippen LogP contribution in [0.1, 0.15) is 42.9 Å². The molecule has 5 nitrogen and oxygen atoms in total. The van der Waals surface area contributed by atoms with Crippen LogP contribution in [-0.2, 0) is 11.3 Å². The van der Waals surface area contributed by atoms with Crippen LogP contribution < -0.4 is 4.74 Å². The predicted octanol–water partition coefficient (Wildman–Crippen LogP) is 5.03. The van der Waals surface area contributed by atoms with Crippen LogP contribution in [0.25, 0.3) is 0 Å². The summed E-state index contributed by atoms with van der Waals surface area (Å²) in [5.41, 5.74) is 3.22. The highest BCUT2D eigenvalue weighted by Crippen LogP contribution is 2.32. The zero-order valence-corrected chi connectivity index (χ0v) is 18.0. The van der Waals surface area contributed by atoms with Crippen LogP contribution in [0.4, 0.5) is 0 Å². The summed E-state index contributed by atoms with van der Waals surface area (Å²) < 4.78 is 5.22. The first-order valence-corrected chi connectivity index (χ1v) is 10.8. The zero-order valence-electron chi connectivity index (χ0n) is 17.2. The lowest BCUT2D eigenvalue weighted by Crippen LogP contribution is -2.31. The fourth-order valence-corrected chi connectivity index (χ4v) is 4.16. The van der Waals surface area contributed by atoms with Gasteiger partial charge in [-0.15, -0.1) is 5.10 Å². The van der Waals surface area contributed by atoms with E-state index in [1.165, 1.54) is 17.3 Å². The van der Waals surface area contributed by atoms with E-state index in [4.69, 9.17) is 4.74 Å². The summed E-state index contributed by atoms with van der Waals surface area (Å²) in [6, 6.07) is 15.9. The molecule has 1 atom stereocenters. The first-order chi connectivity index (χ1) is 14.1. The molecule has 0 radical (unpaired) electrons. The Kier molecular flexibility index (Phi) is 7.47. The van der Waals surface area contributed by atoms with Crippen molar-refractivity contribution in [2.24, 2.45) is 10.2 Å². The summed E-state index contributed by atoms with van der Waals surface area (Å²) in [7, 11) is 1.64. The topological polar surface area (TPSA) is 54.3 Å². The molecule has 1 fully saturated rings. The summed E-state index contributed by atoms with van der Waals surface area (Å²) in [4.78, 5) is 14.7. The second-order valence-corrected chi connectivity index (χ2v) is 8.23. The number of carbonyl (C=O) groups excluding carboxylic acids is 1. The quantitative estimate of drug-likeness (QED) is 0.454. The number of benzene rings is 2. The van der Waals surface area contributed by atoms with Gasteiger partial charge in [-0.2, -0.15) is 5.10 Å². The molecule has 1 heterocycles. The van der Waals surface area contributed by atoms with E-state index in [1.807, 2.05) is 48.5 Å². The highest BCUT2D eigenvalue weighted by molar-refractivity contribution is 8.15. The van der Waals surface area contributed by atoms with Crippen LogP contribution >= 0.6 is 11.8 Å². The van der Waals surface area contributed by atoms with Crippen LogP contribution in [0.2, 0.25) is 0 Å². The summed E-state index contributed by atoms with van der Waals surface area (Å²) in [5.74, 6) is 0.914. The number of amides is 1. The standard InChI is InChI=1S/C23H27N3O2S/c1-4-5-6-21-22(27)26(16-19-11-13-20(28-3)14-12-19)23(29-21)25-24-15-18-9-7-17(2)8-10-18/h7-15,21H,4-6,16H2,1-3H3/b24-15-,25-23+/t21-/m0/s1. The maximum Gasteiger partial charge on any atom is 0.242 e. The first kappa shape index (κ1) is 21.1. The minimum Gasteiger partial charge on any atom is -0.497 e. The Morgan fingerprint density at radius 1 is 1.14 bits per heavy atom. The minimum atomic E-state index is -0.0819. The van der Waals surface area contributed by atoms with Crippen molar-refractivity contribution in [1.82, 2.24) is 4.90 Å². The van der Waals surface area contributed by atoms with Gasteiger partial charge in [-0.05, 0) is 36.6 Å². The number of rotatable bonds is 8. The third-order valence-corrected chi connectivity index (χ3v) is 6.00. The molecule has 1 aliphatic heterocycles. The number of aryl methyl sites for hydroxylation is 1. The monoisotopic (exact) mass is 409 g/mol. The van der Waals surface area contributed by atoms with E-state index in [0.717, 1.165) is 36.1 Å². The molecule has 0 unspecified atom stereocenters. The molecule has 1 amide bonds. The molecule has 0 bridgehead atoms. The van der Waals surface area contributed by atoms with E-state index < -0.39 is 0 Å². The maximum atomic E-state index is 13.0. The summed E-state index contributed by atoms with van der Waals surface area (Å²) in [5, 5.41) is 9.22. The van der Waals surface area contributed by atoms with E-state index >= 15 is 0 Å².